The molecule has 86 heavy (non-hydrogen) atoms. The maximum atomic E-state index is 5.41. The normalized spacial score (nSPS) is 12.0. The molecule has 0 N–H and O–H groups in total. The molecule has 15 aromatic rings. The molecule has 3 aromatic heterocycles. The van der Waals surface area contributed by atoms with E-state index in [0.29, 0.717) is 0 Å². The number of rotatable bonds is 12. The summed E-state index contributed by atoms with van der Waals surface area (Å²) in [7, 11) is 0. The van der Waals surface area contributed by atoms with Gasteiger partial charge in [0, 0.05) is 84.0 Å². The predicted octanol–water partition coefficient (Wildman–Crippen LogP) is 21.2. The van der Waals surface area contributed by atoms with Crippen molar-refractivity contribution in [3.8, 4) is 56.1 Å². The second-order valence-electron chi connectivity index (χ2n) is 22.1. The molecule has 0 amide bonds. The van der Waals surface area contributed by atoms with E-state index in [1.54, 1.807) is 0 Å². The van der Waals surface area contributed by atoms with Crippen LogP contribution in [-0.4, -0.2) is 19.1 Å². The minimum atomic E-state index is 0.814. The van der Waals surface area contributed by atoms with Crippen molar-refractivity contribution in [3.05, 3.63) is 321 Å². The minimum absolute atomic E-state index is 0.814. The highest BCUT2D eigenvalue weighted by molar-refractivity contribution is 6.09. The fraction of sp³-hybridized carbons (Fsp3) is 0.0250. The Labute approximate surface area is 499 Å². The summed E-state index contributed by atoms with van der Waals surface area (Å²) >= 11 is 0. The monoisotopic (exact) mass is 1100 g/mol. The van der Waals surface area contributed by atoms with E-state index in [1.807, 2.05) is 12.1 Å². The number of anilines is 6. The average molecular weight is 1100 g/mol. The largest absolute Gasteiger partial charge is 0.313 e. The van der Waals surface area contributed by atoms with Crippen LogP contribution >= 0.6 is 0 Å². The molecule has 0 bridgehead atoms. The number of hydrogen-bond acceptors (Lipinski definition) is 4. The summed E-state index contributed by atoms with van der Waals surface area (Å²) in [6, 6.07) is 109. The van der Waals surface area contributed by atoms with E-state index in [9.17, 15) is 0 Å². The summed E-state index contributed by atoms with van der Waals surface area (Å²) in [6.45, 7) is 0. The number of fused-ring (bicyclic) bond motifs is 7. The SMILES string of the molecule is C1=Cc2c(n(-c3ccc(N(c4ccc(-c5nc6ccccc6nc5-c5ccc(N(c6ccc(-n7c8ccccc8c8ccccc87)cc6)c6cccc(-c7ccccc7)c6)cc5)cc4)c4cccc(-c5ccccc5)c4)cc3)c3ccccc23)CC1. The van der Waals surface area contributed by atoms with Crippen LogP contribution in [-0.2, 0) is 6.42 Å². The molecular weight excluding hydrogens is 1040 g/mol. The van der Waals surface area contributed by atoms with E-state index in [2.05, 4.69) is 322 Å². The molecule has 3 heterocycles. The van der Waals surface area contributed by atoms with Crippen molar-refractivity contribution in [1.82, 2.24) is 19.1 Å². The Morgan fingerprint density at radius 3 is 1.15 bits per heavy atom. The molecule has 6 heteroatoms. The lowest BCUT2D eigenvalue weighted by Gasteiger charge is -2.27. The van der Waals surface area contributed by atoms with Crippen molar-refractivity contribution in [2.24, 2.45) is 0 Å². The van der Waals surface area contributed by atoms with Gasteiger partial charge in [0.05, 0.1) is 39.0 Å². The molecule has 0 saturated heterocycles. The third kappa shape index (κ3) is 9.00. The van der Waals surface area contributed by atoms with Gasteiger partial charge in [-0.15, -0.1) is 0 Å². The Kier molecular flexibility index (Phi) is 12.6. The third-order valence-electron chi connectivity index (χ3n) is 17.0. The Morgan fingerprint density at radius 1 is 0.291 bits per heavy atom. The maximum Gasteiger partial charge on any atom is 0.0973 e. The van der Waals surface area contributed by atoms with Gasteiger partial charge in [0.2, 0.25) is 0 Å². The number of allylic oxidation sites excluding steroid dienone is 1. The van der Waals surface area contributed by atoms with Crippen LogP contribution < -0.4 is 9.80 Å². The number of hydrogen-bond donors (Lipinski definition) is 0. The van der Waals surface area contributed by atoms with E-state index in [1.165, 1.54) is 55.1 Å². The zero-order chi connectivity index (χ0) is 56.9. The molecule has 1 aliphatic rings. The minimum Gasteiger partial charge on any atom is -0.313 e. The molecule has 0 aliphatic heterocycles. The number of aromatic nitrogens is 4. The summed E-state index contributed by atoms with van der Waals surface area (Å²) < 4.78 is 4.82. The van der Waals surface area contributed by atoms with Gasteiger partial charge in [-0.3, -0.25) is 0 Å². The highest BCUT2D eigenvalue weighted by Crippen LogP contribution is 2.43. The molecule has 1 aliphatic carbocycles. The molecule has 0 spiro atoms. The van der Waals surface area contributed by atoms with Crippen molar-refractivity contribution < 1.29 is 0 Å². The Morgan fingerprint density at radius 2 is 0.674 bits per heavy atom. The quantitative estimate of drug-likeness (QED) is 0.122. The van der Waals surface area contributed by atoms with Crippen molar-refractivity contribution in [2.45, 2.75) is 12.8 Å². The fourth-order valence-corrected chi connectivity index (χ4v) is 12.9. The van der Waals surface area contributed by atoms with Crippen LogP contribution in [0.3, 0.4) is 0 Å². The molecule has 6 nitrogen and oxygen atoms in total. The topological polar surface area (TPSA) is 42.1 Å². The lowest BCUT2D eigenvalue weighted by atomic mass is 10.0. The van der Waals surface area contributed by atoms with Gasteiger partial charge in [0.1, 0.15) is 0 Å². The van der Waals surface area contributed by atoms with Gasteiger partial charge in [0.15, 0.2) is 0 Å². The van der Waals surface area contributed by atoms with Gasteiger partial charge in [-0.2, -0.15) is 0 Å². The summed E-state index contributed by atoms with van der Waals surface area (Å²) in [5.41, 5.74) is 24.7. The smallest absolute Gasteiger partial charge is 0.0973 e. The van der Waals surface area contributed by atoms with Gasteiger partial charge in [-0.05, 0) is 162 Å². The Bertz CT molecular complexity index is 4970. The summed E-state index contributed by atoms with van der Waals surface area (Å²) in [4.78, 5) is 15.5. The first-order valence-corrected chi connectivity index (χ1v) is 29.5. The van der Waals surface area contributed by atoms with Crippen LogP contribution in [0.25, 0.3) is 106 Å². The van der Waals surface area contributed by atoms with Crippen molar-refractivity contribution in [3.63, 3.8) is 0 Å². The van der Waals surface area contributed by atoms with E-state index in [0.717, 1.165) is 103 Å². The number of para-hydroxylation sites is 5. The molecule has 406 valence electrons. The first-order chi connectivity index (χ1) is 42.6. The van der Waals surface area contributed by atoms with Crippen LogP contribution in [0.2, 0.25) is 0 Å². The lowest BCUT2D eigenvalue weighted by Crippen LogP contribution is -2.10. The summed E-state index contributed by atoms with van der Waals surface area (Å²) in [5.74, 6) is 0. The number of benzene rings is 12. The van der Waals surface area contributed by atoms with Gasteiger partial charge >= 0.3 is 0 Å². The lowest BCUT2D eigenvalue weighted by molar-refractivity contribution is 0.888. The summed E-state index contributed by atoms with van der Waals surface area (Å²) in [6.07, 6.45) is 6.64. The van der Waals surface area contributed by atoms with E-state index in [-0.39, 0.29) is 0 Å². The molecule has 0 fully saturated rings. The van der Waals surface area contributed by atoms with Gasteiger partial charge in [-0.1, -0.05) is 188 Å². The van der Waals surface area contributed by atoms with Crippen LogP contribution in [0.1, 0.15) is 17.7 Å². The predicted molar refractivity (Wildman–Crippen MR) is 359 cm³/mol. The Hall–Kier alpha value is -11.3. The molecule has 0 unspecified atom stereocenters. The van der Waals surface area contributed by atoms with Crippen molar-refractivity contribution in [1.29, 1.82) is 0 Å². The molecular formula is C80H56N6. The maximum absolute atomic E-state index is 5.41. The first kappa shape index (κ1) is 50.4. The highest BCUT2D eigenvalue weighted by atomic mass is 15.1. The molecule has 16 rings (SSSR count). The zero-order valence-electron chi connectivity index (χ0n) is 47.1. The van der Waals surface area contributed by atoms with Crippen LogP contribution in [0, 0.1) is 0 Å². The van der Waals surface area contributed by atoms with Crippen LogP contribution in [0.4, 0.5) is 34.1 Å². The van der Waals surface area contributed by atoms with Crippen LogP contribution in [0.15, 0.2) is 309 Å². The average Bonchev–Trinajstić information content (AvgIpc) is 2.13. The second kappa shape index (κ2) is 21.4. The fourth-order valence-electron chi connectivity index (χ4n) is 12.9. The third-order valence-corrected chi connectivity index (χ3v) is 17.0. The standard InChI is InChI=1S/C80H56N6/c1-3-19-55(20-4-1)59-23-17-25-67(53-59)83(63-45-49-65(50-46-63)85-75-33-13-7-27-69(75)70-28-8-14-34-76(70)85)61-41-37-57(38-42-61)79-80(82-74-32-12-11-31-73(74)81-79)58-39-43-62(44-40-58)84(68-26-18-24-60(54-68)56-21-5-2-6-22-56)64-47-51-66(52-48-64)86-77-35-15-9-29-71(77)72-30-10-16-36-78(72)86/h1-15,17-35,37-54H,16,36H2. The molecule has 0 radical (unpaired) electrons. The van der Waals surface area contributed by atoms with Crippen molar-refractivity contribution in [2.75, 3.05) is 9.80 Å². The molecule has 0 atom stereocenters. The summed E-state index contributed by atoms with van der Waals surface area (Å²) in [5, 5.41) is 3.78. The van der Waals surface area contributed by atoms with Crippen LogP contribution in [0.5, 0.6) is 0 Å². The zero-order valence-corrected chi connectivity index (χ0v) is 47.1. The van der Waals surface area contributed by atoms with E-state index in [4.69, 9.17) is 9.97 Å². The Balaban J connectivity index is 0.777. The molecule has 0 saturated carbocycles. The second-order valence-corrected chi connectivity index (χ2v) is 22.1. The highest BCUT2D eigenvalue weighted by Gasteiger charge is 2.22. The van der Waals surface area contributed by atoms with E-state index < -0.39 is 0 Å². The van der Waals surface area contributed by atoms with Crippen molar-refractivity contribution >= 4 is 83.9 Å². The molecule has 12 aromatic carbocycles. The van der Waals surface area contributed by atoms with E-state index >= 15 is 0 Å². The number of nitrogens with zero attached hydrogens (tertiary/aromatic N) is 6. The van der Waals surface area contributed by atoms with Gasteiger partial charge in [0.25, 0.3) is 0 Å². The first-order valence-electron chi connectivity index (χ1n) is 29.5. The van der Waals surface area contributed by atoms with Gasteiger partial charge in [-0.25, -0.2) is 9.97 Å². The van der Waals surface area contributed by atoms with Gasteiger partial charge < -0.3 is 18.9 Å².